The van der Waals surface area contributed by atoms with Gasteiger partial charge < -0.3 is 14.8 Å². The van der Waals surface area contributed by atoms with Crippen LogP contribution in [0.2, 0.25) is 5.02 Å². The first-order valence-corrected chi connectivity index (χ1v) is 14.5. The lowest BCUT2D eigenvalue weighted by atomic mass is 9.94. The molecule has 4 aromatic rings. The fourth-order valence-electron chi connectivity index (χ4n) is 4.22. The Morgan fingerprint density at radius 3 is 2.34 bits per heavy atom. The number of benzene rings is 3. The minimum Gasteiger partial charge on any atom is -0.488 e. The zero-order valence-corrected chi connectivity index (χ0v) is 23.5. The monoisotopic (exact) mass is 550 g/mol. The van der Waals surface area contributed by atoms with Gasteiger partial charge in [-0.2, -0.15) is 0 Å². The Balaban J connectivity index is 1.56. The van der Waals surface area contributed by atoms with E-state index in [9.17, 15) is 8.42 Å². The van der Waals surface area contributed by atoms with Crippen LogP contribution in [0.25, 0.3) is 11.1 Å². The molecular formula is C30H31ClN2O4S. The van der Waals surface area contributed by atoms with E-state index in [1.807, 2.05) is 31.3 Å². The van der Waals surface area contributed by atoms with Gasteiger partial charge in [0.15, 0.2) is 9.84 Å². The number of rotatable bonds is 10. The van der Waals surface area contributed by atoms with E-state index in [-0.39, 0.29) is 11.5 Å². The zero-order chi connectivity index (χ0) is 27.3. The maximum absolute atomic E-state index is 11.9. The minimum atomic E-state index is -3.36. The number of ether oxygens (including phenoxy) is 2. The molecule has 4 rings (SSSR count). The van der Waals surface area contributed by atoms with Gasteiger partial charge in [0.2, 0.25) is 0 Å². The molecule has 0 spiro atoms. The van der Waals surface area contributed by atoms with Gasteiger partial charge in [0.05, 0.1) is 9.92 Å². The van der Waals surface area contributed by atoms with Gasteiger partial charge in [-0.15, -0.1) is 0 Å². The Kier molecular flexibility index (Phi) is 8.72. The molecule has 0 amide bonds. The number of nitrogens with zero attached hydrogens (tertiary/aromatic N) is 1. The van der Waals surface area contributed by atoms with E-state index in [1.54, 1.807) is 18.3 Å². The van der Waals surface area contributed by atoms with Gasteiger partial charge in [-0.25, -0.2) is 8.42 Å². The van der Waals surface area contributed by atoms with Gasteiger partial charge >= 0.3 is 0 Å². The van der Waals surface area contributed by atoms with E-state index >= 15 is 0 Å². The van der Waals surface area contributed by atoms with Crippen molar-refractivity contribution in [2.45, 2.75) is 38.5 Å². The molecule has 0 unspecified atom stereocenters. The lowest BCUT2D eigenvalue weighted by molar-refractivity contribution is 0.287. The smallest absolute Gasteiger partial charge is 0.177 e. The van der Waals surface area contributed by atoms with E-state index in [4.69, 9.17) is 21.1 Å². The fraction of sp³-hybridized carbons (Fsp3) is 0.233. The Bertz CT molecular complexity index is 1550. The van der Waals surface area contributed by atoms with Crippen molar-refractivity contribution < 1.29 is 17.9 Å². The van der Waals surface area contributed by atoms with Crippen LogP contribution >= 0.6 is 11.6 Å². The van der Waals surface area contributed by atoms with Crippen molar-refractivity contribution in [2.75, 3.05) is 13.3 Å². The largest absolute Gasteiger partial charge is 0.488 e. The Morgan fingerprint density at radius 1 is 0.868 bits per heavy atom. The molecule has 0 fully saturated rings. The van der Waals surface area contributed by atoms with Crippen LogP contribution in [0, 0.1) is 13.8 Å². The first kappa shape index (κ1) is 27.6. The highest BCUT2D eigenvalue weighted by atomic mass is 35.5. The summed E-state index contributed by atoms with van der Waals surface area (Å²) in [5.41, 5.74) is 7.31. The topological polar surface area (TPSA) is 77.5 Å². The summed E-state index contributed by atoms with van der Waals surface area (Å²) in [7, 11) is -1.52. The third-order valence-corrected chi connectivity index (χ3v) is 7.71. The summed E-state index contributed by atoms with van der Waals surface area (Å²) in [5, 5.41) is 3.60. The van der Waals surface area contributed by atoms with Crippen LogP contribution in [-0.4, -0.2) is 26.7 Å². The average molecular weight is 551 g/mol. The van der Waals surface area contributed by atoms with Crippen LogP contribution in [0.5, 0.6) is 11.5 Å². The number of hydrogen-bond acceptors (Lipinski definition) is 6. The SMILES string of the molecule is CNCc1cc(Cl)c(OCc2cccc(-c3ccccc3C)c2C)cc1OCc1cncc(S(C)(=O)=O)c1. The number of aryl methyl sites for hydroxylation is 1. The molecule has 0 aliphatic heterocycles. The van der Waals surface area contributed by atoms with E-state index in [0.29, 0.717) is 35.2 Å². The number of nitrogens with one attached hydrogen (secondary N) is 1. The molecule has 3 aromatic carbocycles. The molecule has 1 N–H and O–H groups in total. The van der Waals surface area contributed by atoms with Crippen LogP contribution in [0.1, 0.15) is 27.8 Å². The number of hydrogen-bond donors (Lipinski definition) is 1. The molecule has 0 saturated carbocycles. The second-order valence-corrected chi connectivity index (χ2v) is 11.6. The number of sulfone groups is 1. The van der Waals surface area contributed by atoms with Crippen molar-refractivity contribution in [1.29, 1.82) is 0 Å². The van der Waals surface area contributed by atoms with E-state index in [2.05, 4.69) is 48.4 Å². The molecule has 38 heavy (non-hydrogen) atoms. The first-order valence-electron chi connectivity index (χ1n) is 12.2. The van der Waals surface area contributed by atoms with E-state index in [1.165, 1.54) is 22.9 Å². The maximum Gasteiger partial charge on any atom is 0.177 e. The quantitative estimate of drug-likeness (QED) is 0.250. The van der Waals surface area contributed by atoms with Crippen molar-refractivity contribution >= 4 is 21.4 Å². The molecule has 0 saturated heterocycles. The normalized spacial score (nSPS) is 11.4. The zero-order valence-electron chi connectivity index (χ0n) is 21.9. The molecule has 0 atom stereocenters. The standard InChI is InChI=1S/C30H31ClN2O4S/c1-20-8-5-6-10-26(20)27-11-7-9-23(21(27)2)19-37-30-14-29(24(16-32-3)13-28(30)31)36-18-22-12-25(17-33-15-22)38(4,34)35/h5-15,17,32H,16,18-19H2,1-4H3. The molecule has 0 bridgehead atoms. The van der Waals surface area contributed by atoms with Gasteiger partial charge in [-0.3, -0.25) is 4.98 Å². The van der Waals surface area contributed by atoms with Gasteiger partial charge in [0.1, 0.15) is 24.7 Å². The molecule has 198 valence electrons. The molecule has 0 radical (unpaired) electrons. The fourth-order valence-corrected chi connectivity index (χ4v) is 5.08. The Labute approximate surface area is 229 Å². The Hall–Kier alpha value is -3.39. The lowest BCUT2D eigenvalue weighted by Gasteiger charge is -2.17. The van der Waals surface area contributed by atoms with Crippen molar-refractivity contribution in [3.05, 3.63) is 106 Å². The third-order valence-electron chi connectivity index (χ3n) is 6.34. The maximum atomic E-state index is 11.9. The molecule has 8 heteroatoms. The molecular weight excluding hydrogens is 520 g/mol. The lowest BCUT2D eigenvalue weighted by Crippen LogP contribution is -2.09. The van der Waals surface area contributed by atoms with Crippen LogP contribution in [-0.2, 0) is 29.6 Å². The second-order valence-electron chi connectivity index (χ2n) is 9.20. The highest BCUT2D eigenvalue weighted by molar-refractivity contribution is 7.90. The van der Waals surface area contributed by atoms with Crippen LogP contribution in [0.4, 0.5) is 0 Å². The van der Waals surface area contributed by atoms with Crippen molar-refractivity contribution in [1.82, 2.24) is 10.3 Å². The highest BCUT2D eigenvalue weighted by Crippen LogP contribution is 2.35. The summed E-state index contributed by atoms with van der Waals surface area (Å²) in [6, 6.07) is 19.7. The predicted molar refractivity (Wildman–Crippen MR) is 152 cm³/mol. The summed E-state index contributed by atoms with van der Waals surface area (Å²) >= 11 is 6.59. The average Bonchev–Trinajstić information content (AvgIpc) is 2.89. The van der Waals surface area contributed by atoms with Crippen molar-refractivity contribution in [3.63, 3.8) is 0 Å². The molecule has 0 aliphatic carbocycles. The van der Waals surface area contributed by atoms with E-state index in [0.717, 1.165) is 22.9 Å². The van der Waals surface area contributed by atoms with E-state index < -0.39 is 9.84 Å². The molecule has 1 heterocycles. The van der Waals surface area contributed by atoms with Gasteiger partial charge in [0.25, 0.3) is 0 Å². The summed E-state index contributed by atoms with van der Waals surface area (Å²) in [5.74, 6) is 1.10. The predicted octanol–water partition coefficient (Wildman–Crippen LogP) is 6.30. The molecule has 6 nitrogen and oxygen atoms in total. The van der Waals surface area contributed by atoms with Crippen molar-refractivity contribution in [2.24, 2.45) is 0 Å². The highest BCUT2D eigenvalue weighted by Gasteiger charge is 2.14. The third kappa shape index (κ3) is 6.54. The summed E-state index contributed by atoms with van der Waals surface area (Å²) in [4.78, 5) is 4.19. The summed E-state index contributed by atoms with van der Waals surface area (Å²) in [6.07, 6.45) is 4.07. The Morgan fingerprint density at radius 2 is 1.61 bits per heavy atom. The number of aromatic nitrogens is 1. The van der Waals surface area contributed by atoms with Crippen LogP contribution in [0.3, 0.4) is 0 Å². The minimum absolute atomic E-state index is 0.145. The summed E-state index contributed by atoms with van der Waals surface area (Å²) in [6.45, 7) is 5.24. The first-order chi connectivity index (χ1) is 18.2. The summed E-state index contributed by atoms with van der Waals surface area (Å²) < 4.78 is 36.1. The molecule has 0 aliphatic rings. The van der Waals surface area contributed by atoms with Gasteiger partial charge in [-0.1, -0.05) is 54.1 Å². The number of pyridine rings is 1. The van der Waals surface area contributed by atoms with Crippen LogP contribution in [0.15, 0.2) is 78.0 Å². The van der Waals surface area contributed by atoms with Crippen molar-refractivity contribution in [3.8, 4) is 22.6 Å². The number of halogens is 1. The van der Waals surface area contributed by atoms with Crippen LogP contribution < -0.4 is 14.8 Å². The van der Waals surface area contributed by atoms with Gasteiger partial charge in [0, 0.05) is 42.4 Å². The second kappa shape index (κ2) is 12.0. The van der Waals surface area contributed by atoms with Gasteiger partial charge in [-0.05, 0) is 60.8 Å². The molecule has 1 aromatic heterocycles.